The molecule has 16 heavy (non-hydrogen) atoms. The molecule has 0 amide bonds. The molecule has 1 atom stereocenters. The Morgan fingerprint density at radius 3 is 3.00 bits per heavy atom. The van der Waals surface area contributed by atoms with Crippen LogP contribution in [0.1, 0.15) is 32.4 Å². The zero-order valence-corrected chi connectivity index (χ0v) is 10.2. The van der Waals surface area contributed by atoms with Crippen molar-refractivity contribution >= 4 is 5.95 Å². The van der Waals surface area contributed by atoms with Gasteiger partial charge < -0.3 is 9.64 Å². The van der Waals surface area contributed by atoms with Crippen LogP contribution in [-0.2, 0) is 4.74 Å². The van der Waals surface area contributed by atoms with E-state index in [1.165, 1.54) is 0 Å². The maximum atomic E-state index is 5.41. The highest BCUT2D eigenvalue weighted by molar-refractivity contribution is 5.33. The van der Waals surface area contributed by atoms with Crippen molar-refractivity contribution in [2.45, 2.75) is 32.7 Å². The lowest BCUT2D eigenvalue weighted by Crippen LogP contribution is -2.44. The van der Waals surface area contributed by atoms with Crippen molar-refractivity contribution in [2.75, 3.05) is 24.7 Å². The van der Waals surface area contributed by atoms with Crippen LogP contribution in [0, 0.1) is 0 Å². The second-order valence-corrected chi connectivity index (χ2v) is 4.55. The lowest BCUT2D eigenvalue weighted by atomic mass is 10.1. The molecule has 0 bridgehead atoms. The zero-order valence-electron chi connectivity index (χ0n) is 10.2. The van der Waals surface area contributed by atoms with E-state index in [2.05, 4.69) is 35.6 Å². The Morgan fingerprint density at radius 2 is 2.31 bits per heavy atom. The normalized spacial score (nSPS) is 21.5. The second kappa shape index (κ2) is 4.78. The van der Waals surface area contributed by atoms with E-state index < -0.39 is 0 Å². The molecule has 0 aromatic carbocycles. The van der Waals surface area contributed by atoms with Crippen molar-refractivity contribution in [3.05, 3.63) is 18.0 Å². The van der Waals surface area contributed by atoms with Crippen molar-refractivity contribution in [3.8, 4) is 0 Å². The van der Waals surface area contributed by atoms with Crippen molar-refractivity contribution in [1.29, 1.82) is 0 Å². The van der Waals surface area contributed by atoms with E-state index in [-0.39, 0.29) is 0 Å². The molecule has 1 aliphatic rings. The zero-order chi connectivity index (χ0) is 11.5. The molecule has 2 heterocycles. The van der Waals surface area contributed by atoms with Crippen LogP contribution in [-0.4, -0.2) is 35.8 Å². The minimum absolute atomic E-state index is 0.358. The Hall–Kier alpha value is -1.16. The summed E-state index contributed by atoms with van der Waals surface area (Å²) < 4.78 is 5.41. The van der Waals surface area contributed by atoms with Crippen LogP contribution >= 0.6 is 0 Å². The van der Waals surface area contributed by atoms with Crippen molar-refractivity contribution in [3.63, 3.8) is 0 Å². The van der Waals surface area contributed by atoms with Crippen LogP contribution in [0.3, 0.4) is 0 Å². The Morgan fingerprint density at radius 1 is 1.50 bits per heavy atom. The highest BCUT2D eigenvalue weighted by Crippen LogP contribution is 2.18. The number of ether oxygens (including phenoxy) is 1. The summed E-state index contributed by atoms with van der Waals surface area (Å²) in [6.45, 7) is 8.84. The largest absolute Gasteiger partial charge is 0.377 e. The van der Waals surface area contributed by atoms with Gasteiger partial charge in [-0.15, -0.1) is 0 Å². The smallest absolute Gasteiger partial charge is 0.225 e. The Balaban J connectivity index is 2.21. The molecule has 0 saturated carbocycles. The molecule has 4 nitrogen and oxygen atoms in total. The maximum absolute atomic E-state index is 5.41. The van der Waals surface area contributed by atoms with Gasteiger partial charge in [-0.3, -0.25) is 0 Å². The predicted octanol–water partition coefficient (Wildman–Crippen LogP) is 1.83. The number of anilines is 1. The molecule has 0 spiro atoms. The summed E-state index contributed by atoms with van der Waals surface area (Å²) in [6, 6.07) is 2.34. The first-order valence-corrected chi connectivity index (χ1v) is 5.86. The molecule has 0 radical (unpaired) electrons. The van der Waals surface area contributed by atoms with E-state index in [0.717, 1.165) is 31.4 Å². The number of rotatable bonds is 2. The number of aromatic nitrogens is 2. The lowest BCUT2D eigenvalue weighted by Gasteiger charge is -2.33. The second-order valence-electron chi connectivity index (χ2n) is 4.55. The van der Waals surface area contributed by atoms with Gasteiger partial charge in [0.1, 0.15) is 0 Å². The first kappa shape index (κ1) is 11.3. The topological polar surface area (TPSA) is 38.2 Å². The molecule has 1 saturated heterocycles. The SMILES string of the molecule is CC(C)c1ccnc(N2CCOC[C@H]2C)n1. The summed E-state index contributed by atoms with van der Waals surface area (Å²) in [5, 5.41) is 0. The van der Waals surface area contributed by atoms with E-state index in [9.17, 15) is 0 Å². The average molecular weight is 221 g/mol. The van der Waals surface area contributed by atoms with Crippen LogP contribution in [0.25, 0.3) is 0 Å². The third kappa shape index (κ3) is 2.32. The van der Waals surface area contributed by atoms with Crippen molar-refractivity contribution < 1.29 is 4.74 Å². The quantitative estimate of drug-likeness (QED) is 0.763. The molecule has 88 valence electrons. The summed E-state index contributed by atoms with van der Waals surface area (Å²) in [5.41, 5.74) is 1.10. The molecule has 2 rings (SSSR count). The highest BCUT2D eigenvalue weighted by atomic mass is 16.5. The van der Waals surface area contributed by atoms with Crippen LogP contribution in [0.5, 0.6) is 0 Å². The van der Waals surface area contributed by atoms with Gasteiger partial charge in [0.05, 0.1) is 19.3 Å². The average Bonchev–Trinajstić information content (AvgIpc) is 2.30. The van der Waals surface area contributed by atoms with E-state index >= 15 is 0 Å². The van der Waals surface area contributed by atoms with E-state index in [4.69, 9.17) is 4.74 Å². The first-order chi connectivity index (χ1) is 7.68. The monoisotopic (exact) mass is 221 g/mol. The molecule has 1 aliphatic heterocycles. The summed E-state index contributed by atoms with van der Waals surface area (Å²) in [4.78, 5) is 11.2. The Bertz CT molecular complexity index is 354. The Kier molecular flexibility index (Phi) is 3.39. The molecule has 0 aliphatic carbocycles. The van der Waals surface area contributed by atoms with Gasteiger partial charge in [-0.1, -0.05) is 13.8 Å². The fraction of sp³-hybridized carbons (Fsp3) is 0.667. The van der Waals surface area contributed by atoms with Gasteiger partial charge >= 0.3 is 0 Å². The van der Waals surface area contributed by atoms with Crippen LogP contribution < -0.4 is 4.90 Å². The first-order valence-electron chi connectivity index (χ1n) is 5.86. The number of nitrogens with zero attached hydrogens (tertiary/aromatic N) is 3. The number of morpholine rings is 1. The van der Waals surface area contributed by atoms with E-state index in [1.807, 2.05) is 12.3 Å². The van der Waals surface area contributed by atoms with Gasteiger partial charge in [0, 0.05) is 18.4 Å². The summed E-state index contributed by atoms with van der Waals surface area (Å²) in [5.74, 6) is 1.28. The van der Waals surface area contributed by atoms with Crippen LogP contribution in [0.4, 0.5) is 5.95 Å². The summed E-state index contributed by atoms with van der Waals surface area (Å²) >= 11 is 0. The molecule has 0 unspecified atom stereocenters. The number of hydrogen-bond donors (Lipinski definition) is 0. The lowest BCUT2D eigenvalue weighted by molar-refractivity contribution is 0.0980. The number of hydrogen-bond acceptors (Lipinski definition) is 4. The van der Waals surface area contributed by atoms with Gasteiger partial charge in [-0.05, 0) is 18.9 Å². The van der Waals surface area contributed by atoms with Crippen molar-refractivity contribution in [1.82, 2.24) is 9.97 Å². The summed E-state index contributed by atoms with van der Waals surface area (Å²) in [7, 11) is 0. The Labute approximate surface area is 96.7 Å². The molecule has 0 N–H and O–H groups in total. The standard InChI is InChI=1S/C12H19N3O/c1-9(2)11-4-5-13-12(14-11)15-6-7-16-8-10(15)3/h4-5,9-10H,6-8H2,1-3H3/t10-/m1/s1. The van der Waals surface area contributed by atoms with E-state index in [0.29, 0.717) is 12.0 Å². The highest BCUT2D eigenvalue weighted by Gasteiger charge is 2.21. The van der Waals surface area contributed by atoms with Crippen LogP contribution in [0.2, 0.25) is 0 Å². The minimum Gasteiger partial charge on any atom is -0.377 e. The van der Waals surface area contributed by atoms with Crippen LogP contribution in [0.15, 0.2) is 12.3 Å². The maximum Gasteiger partial charge on any atom is 0.225 e. The molecule has 1 aromatic heterocycles. The molecular weight excluding hydrogens is 202 g/mol. The summed E-state index contributed by atoms with van der Waals surface area (Å²) in [6.07, 6.45) is 1.85. The molecule has 1 fully saturated rings. The fourth-order valence-electron chi connectivity index (χ4n) is 1.85. The molecule has 4 heteroatoms. The van der Waals surface area contributed by atoms with E-state index in [1.54, 1.807) is 0 Å². The predicted molar refractivity (Wildman–Crippen MR) is 63.7 cm³/mol. The minimum atomic E-state index is 0.358. The molecule has 1 aromatic rings. The van der Waals surface area contributed by atoms with Gasteiger partial charge in [0.25, 0.3) is 0 Å². The third-order valence-corrected chi connectivity index (χ3v) is 2.88. The van der Waals surface area contributed by atoms with Gasteiger partial charge in [-0.25, -0.2) is 9.97 Å². The van der Waals surface area contributed by atoms with Gasteiger partial charge in [0.15, 0.2) is 0 Å². The van der Waals surface area contributed by atoms with Crippen molar-refractivity contribution in [2.24, 2.45) is 0 Å². The molecular formula is C12H19N3O. The van der Waals surface area contributed by atoms with Gasteiger partial charge in [-0.2, -0.15) is 0 Å². The fourth-order valence-corrected chi connectivity index (χ4v) is 1.85. The van der Waals surface area contributed by atoms with Gasteiger partial charge in [0.2, 0.25) is 5.95 Å². The third-order valence-electron chi connectivity index (χ3n) is 2.88.